The summed E-state index contributed by atoms with van der Waals surface area (Å²) in [6.45, 7) is 2.90. The fourth-order valence-corrected chi connectivity index (χ4v) is 13.4. The Kier molecular flexibility index (Phi) is 10.3. The molecule has 0 spiro atoms. The Morgan fingerprint density at radius 1 is 0.667 bits per heavy atom. The average Bonchev–Trinajstić information content (AvgIpc) is 2.75. The summed E-state index contributed by atoms with van der Waals surface area (Å²) in [4.78, 5) is 8.24. The van der Waals surface area contributed by atoms with Crippen LogP contribution in [0.3, 0.4) is 0 Å². The minimum absolute atomic E-state index is 1.05. The van der Waals surface area contributed by atoms with Crippen LogP contribution in [0.5, 0.6) is 0 Å². The van der Waals surface area contributed by atoms with Crippen molar-refractivity contribution in [2.45, 2.75) is 113 Å². The van der Waals surface area contributed by atoms with Gasteiger partial charge in [0.2, 0.25) is 0 Å². The summed E-state index contributed by atoms with van der Waals surface area (Å²) >= 11 is 0. The molecule has 0 aromatic heterocycles. The summed E-state index contributed by atoms with van der Waals surface area (Å²) in [6.07, 6.45) is 23.7. The first kappa shape index (κ1) is 23.8. The van der Waals surface area contributed by atoms with Gasteiger partial charge in [-0.3, -0.25) is 9.05 Å². The molecule has 0 bridgehead atoms. The predicted molar refractivity (Wildman–Crippen MR) is 119 cm³/mol. The molecule has 6 heteroatoms. The summed E-state index contributed by atoms with van der Waals surface area (Å²) < 4.78 is 18.0. The first-order valence-electron chi connectivity index (χ1n) is 11.4. The van der Waals surface area contributed by atoms with E-state index in [-0.39, 0.29) is 0 Å². The number of hydrogen-bond acceptors (Lipinski definition) is 3. The van der Waals surface area contributed by atoms with Gasteiger partial charge in [0.05, 0.1) is 0 Å². The van der Waals surface area contributed by atoms with E-state index in [1.807, 2.05) is 0 Å². The zero-order valence-electron chi connectivity index (χ0n) is 18.0. The molecule has 0 aromatic carbocycles. The molecule has 3 saturated carbocycles. The maximum absolute atomic E-state index is 10.1. The van der Waals surface area contributed by atoms with Crippen molar-refractivity contribution in [2.75, 3.05) is 20.9 Å². The summed E-state index contributed by atoms with van der Waals surface area (Å²) in [7, 11) is -2.50. The molecule has 0 amide bonds. The van der Waals surface area contributed by atoms with Crippen molar-refractivity contribution >= 4 is 15.1 Å². The molecular formula is C21H44O4P2. The van der Waals surface area contributed by atoms with Crippen LogP contribution >= 0.6 is 15.1 Å². The molecule has 3 aliphatic carbocycles. The predicted octanol–water partition coefficient (Wildman–Crippen LogP) is 6.74. The Morgan fingerprint density at radius 3 is 1.11 bits per heavy atom. The molecule has 0 heterocycles. The zero-order chi connectivity index (χ0) is 19.8. The summed E-state index contributed by atoms with van der Waals surface area (Å²) in [5.74, 6) is 0. The quantitative estimate of drug-likeness (QED) is 0.498. The van der Waals surface area contributed by atoms with Gasteiger partial charge in [-0.05, 0) is 0 Å². The number of phosphoric ester groups is 1. The molecule has 0 unspecified atom stereocenters. The molecule has 0 aliphatic heterocycles. The van der Waals surface area contributed by atoms with Crippen molar-refractivity contribution in [3.05, 3.63) is 0 Å². The van der Waals surface area contributed by atoms with Crippen LogP contribution in [0.1, 0.15) is 96.3 Å². The summed E-state index contributed by atoms with van der Waals surface area (Å²) in [5.41, 5.74) is 3.63. The van der Waals surface area contributed by atoms with Gasteiger partial charge < -0.3 is 4.89 Å². The molecule has 162 valence electrons. The van der Waals surface area contributed by atoms with Crippen LogP contribution < -0.4 is 0 Å². The summed E-state index contributed by atoms with van der Waals surface area (Å²) in [5, 5.41) is 0. The van der Waals surface area contributed by atoms with E-state index >= 15 is 0 Å². The van der Waals surface area contributed by atoms with Gasteiger partial charge in [0.15, 0.2) is 0 Å². The molecule has 1 N–H and O–H groups in total. The molecule has 3 fully saturated rings. The van der Waals surface area contributed by atoms with Gasteiger partial charge in [-0.2, -0.15) is 0 Å². The molecule has 27 heavy (non-hydrogen) atoms. The van der Waals surface area contributed by atoms with Gasteiger partial charge >= 0.3 is 135 Å². The Labute approximate surface area is 168 Å². The number of hydrogen-bond donors (Lipinski definition) is 1. The van der Waals surface area contributed by atoms with Crippen LogP contribution in [-0.4, -0.2) is 42.8 Å². The van der Waals surface area contributed by atoms with Crippen molar-refractivity contribution < 1.29 is 18.5 Å². The topological polar surface area (TPSA) is 55.8 Å². The van der Waals surface area contributed by atoms with Crippen LogP contribution in [0.15, 0.2) is 0 Å². The maximum atomic E-state index is 10.1. The van der Waals surface area contributed by atoms with E-state index in [4.69, 9.17) is 4.89 Å². The van der Waals surface area contributed by atoms with Crippen molar-refractivity contribution in [3.63, 3.8) is 0 Å². The van der Waals surface area contributed by atoms with Crippen molar-refractivity contribution in [1.29, 1.82) is 0 Å². The molecule has 3 aliphatic rings. The van der Waals surface area contributed by atoms with E-state index in [2.05, 4.69) is 15.7 Å². The number of phosphoric acid groups is 1. The monoisotopic (exact) mass is 422 g/mol. The van der Waals surface area contributed by atoms with Crippen molar-refractivity contribution in [1.82, 2.24) is 0 Å². The van der Waals surface area contributed by atoms with Crippen LogP contribution in [-0.2, 0) is 13.6 Å². The van der Waals surface area contributed by atoms with E-state index in [0.717, 1.165) is 14.2 Å². The zero-order valence-corrected chi connectivity index (χ0v) is 19.9. The molecular weight excluding hydrogens is 378 g/mol. The van der Waals surface area contributed by atoms with E-state index in [1.54, 1.807) is 77.0 Å². The van der Waals surface area contributed by atoms with E-state index in [0.29, 0.717) is 0 Å². The third kappa shape index (κ3) is 6.78. The molecule has 0 radical (unpaired) electrons. The first-order valence-corrected chi connectivity index (χ1v) is 15.6. The Hall–Kier alpha value is 0.540. The average molecular weight is 423 g/mol. The van der Waals surface area contributed by atoms with Crippen LogP contribution in [0, 0.1) is 0 Å². The molecule has 4 nitrogen and oxygen atoms in total. The van der Waals surface area contributed by atoms with Gasteiger partial charge in [-0.25, -0.2) is 4.57 Å². The second-order valence-corrected chi connectivity index (χ2v) is 16.1. The molecule has 0 saturated heterocycles. The SMILES string of the molecule is COP(=O)(O)OC.C[PH](C1CCCCC1)(C1CCCCC1)C1CCCCC1. The summed E-state index contributed by atoms with van der Waals surface area (Å²) in [6, 6.07) is 0. The second kappa shape index (κ2) is 11.7. The van der Waals surface area contributed by atoms with Gasteiger partial charge in [-0.1, -0.05) is 0 Å². The van der Waals surface area contributed by atoms with Gasteiger partial charge in [-0.15, -0.1) is 0 Å². The third-order valence-electron chi connectivity index (χ3n) is 7.92. The van der Waals surface area contributed by atoms with Gasteiger partial charge in [0.25, 0.3) is 0 Å². The first-order chi connectivity index (χ1) is 12.9. The van der Waals surface area contributed by atoms with Crippen LogP contribution in [0.4, 0.5) is 0 Å². The van der Waals surface area contributed by atoms with E-state index in [1.165, 1.54) is 36.2 Å². The van der Waals surface area contributed by atoms with Gasteiger partial charge in [0, 0.05) is 14.2 Å². The molecule has 3 rings (SSSR count). The molecule has 0 atom stereocenters. The normalized spacial score (nSPS) is 24.9. The Bertz CT molecular complexity index is 400. The van der Waals surface area contributed by atoms with E-state index < -0.39 is 15.1 Å². The second-order valence-electron chi connectivity index (χ2n) is 9.20. The Balaban J connectivity index is 0.000000321. The van der Waals surface area contributed by atoms with Crippen LogP contribution in [0.25, 0.3) is 0 Å². The van der Waals surface area contributed by atoms with Gasteiger partial charge in [0.1, 0.15) is 0 Å². The fourth-order valence-electron chi connectivity index (χ4n) is 6.25. The Morgan fingerprint density at radius 2 is 0.926 bits per heavy atom. The number of rotatable bonds is 5. The molecule has 0 aromatic rings. The van der Waals surface area contributed by atoms with Crippen LogP contribution in [0.2, 0.25) is 0 Å². The fraction of sp³-hybridized carbons (Fsp3) is 1.00. The minimum atomic E-state index is -3.65. The standard InChI is InChI=1S/C19H37P.C2H7O4P/c1-20(17-11-5-2-6-12-17,18-13-7-3-8-14-18)19-15-9-4-10-16-19;1-5-7(3,4)6-2/h17-20H,2-16H2,1H3;1-2H3,(H,3,4). The van der Waals surface area contributed by atoms with E-state index in [9.17, 15) is 4.57 Å². The van der Waals surface area contributed by atoms with Crippen molar-refractivity contribution in [2.24, 2.45) is 0 Å². The third-order valence-corrected chi connectivity index (χ3v) is 15.8. The van der Waals surface area contributed by atoms with Crippen molar-refractivity contribution in [3.8, 4) is 0 Å².